The maximum absolute atomic E-state index is 14.5. The van der Waals surface area contributed by atoms with Crippen molar-refractivity contribution in [2.45, 2.75) is 65.3 Å². The molecule has 0 saturated heterocycles. The summed E-state index contributed by atoms with van der Waals surface area (Å²) in [6.45, 7) is -10.2. The summed E-state index contributed by atoms with van der Waals surface area (Å²) >= 11 is 6.22. The number of aliphatic hydroxyl groups is 1. The maximum Gasteiger partial charge on any atom is 1.00 e. The zero-order chi connectivity index (χ0) is 54.7. The van der Waals surface area contributed by atoms with E-state index in [4.69, 9.17) is 43.4 Å². The zero-order valence-electron chi connectivity index (χ0n) is 48.2. The second kappa shape index (κ2) is 18.1. The predicted molar refractivity (Wildman–Crippen MR) is 208 cm³/mol. The second-order valence-corrected chi connectivity index (χ2v) is 13.2. The van der Waals surface area contributed by atoms with E-state index in [0.717, 1.165) is 17.2 Å². The van der Waals surface area contributed by atoms with Gasteiger partial charge in [0, 0.05) is 41.5 Å². The molecule has 298 valence electrons. The van der Waals surface area contributed by atoms with Gasteiger partial charge in [0.25, 0.3) is 0 Å². The Labute approximate surface area is 383 Å². The first-order chi connectivity index (χ1) is 33.4. The van der Waals surface area contributed by atoms with Gasteiger partial charge < -0.3 is 11.3 Å². The molecule has 0 bridgehead atoms. The smallest absolute Gasteiger partial charge is 1.00 e. The largest absolute Gasteiger partial charge is 1.00 e. The Kier molecular flexibility index (Phi) is 8.33. The van der Waals surface area contributed by atoms with Gasteiger partial charge in [0.05, 0.1) is 16.6 Å². The zero-order valence-corrected chi connectivity index (χ0v) is 33.9. The quantitative estimate of drug-likeness (QED) is 0.243. The fourth-order valence-electron chi connectivity index (χ4n) is 4.93. The monoisotopic (exact) mass is 838 g/mol. The fraction of sp³-hybridized carbons (Fsp3) is 0.316. The fourth-order valence-corrected chi connectivity index (χ4v) is 5.30. The molecule has 0 fully saturated rings. The molecule has 1 N–H and O–H groups in total. The number of hydrogen-bond donors (Lipinski definition) is 1. The summed E-state index contributed by atoms with van der Waals surface area (Å²) in [4.78, 5) is 7.01. The topological polar surface area (TPSA) is 177 Å². The van der Waals surface area contributed by atoms with Gasteiger partial charge in [-0.3, -0.25) is 9.36 Å². The van der Waals surface area contributed by atoms with Gasteiger partial charge in [0.2, 0.25) is 5.88 Å². The van der Waals surface area contributed by atoms with Crippen molar-refractivity contribution in [3.8, 4) is 28.7 Å². The third-order valence-corrected chi connectivity index (χ3v) is 8.00. The molecule has 8 rings (SSSR count). The van der Waals surface area contributed by atoms with Crippen molar-refractivity contribution in [1.29, 1.82) is 0 Å². The number of nitrogens with zero attached hydrogens (tertiary/aromatic N) is 14. The predicted octanol–water partition coefficient (Wildman–Crippen LogP) is 3.24. The summed E-state index contributed by atoms with van der Waals surface area (Å²) in [5.74, 6) is -2.76. The number of aromatic nitrogens is 14. The summed E-state index contributed by atoms with van der Waals surface area (Å²) < 4.78 is 158. The van der Waals surface area contributed by atoms with Crippen LogP contribution in [0.15, 0.2) is 73.3 Å². The van der Waals surface area contributed by atoms with Crippen LogP contribution in [0.1, 0.15) is 87.5 Å². The number of fused-ring (bicyclic) bond motifs is 2. The third kappa shape index (κ3) is 9.70. The molecule has 58 heavy (non-hydrogen) atoms. The summed E-state index contributed by atoms with van der Waals surface area (Å²) in [6.07, 6.45) is 1.72. The number of benzene rings is 2. The van der Waals surface area contributed by atoms with Crippen LogP contribution >= 0.6 is 11.6 Å². The van der Waals surface area contributed by atoms with E-state index in [1.807, 2.05) is 0 Å². The minimum absolute atomic E-state index is 0. The molecule has 0 unspecified atom stereocenters. The van der Waals surface area contributed by atoms with Gasteiger partial charge in [-0.15, -0.1) is 25.5 Å². The summed E-state index contributed by atoms with van der Waals surface area (Å²) in [5, 5.41) is 40.0. The van der Waals surface area contributed by atoms with Crippen LogP contribution < -0.4 is 34.3 Å². The van der Waals surface area contributed by atoms with Gasteiger partial charge in [0.1, 0.15) is 37.4 Å². The van der Waals surface area contributed by atoms with E-state index in [0.29, 0.717) is 20.6 Å². The molecule has 0 spiro atoms. The average Bonchev–Trinajstić information content (AvgIpc) is 4.09. The van der Waals surface area contributed by atoms with E-state index in [1.165, 1.54) is 54.8 Å². The van der Waals surface area contributed by atoms with Crippen LogP contribution in [0.5, 0.6) is 5.88 Å². The molecule has 0 amide bonds. The molecule has 8 aromatic rings. The summed E-state index contributed by atoms with van der Waals surface area (Å²) in [7, 11) is 0. The van der Waals surface area contributed by atoms with E-state index in [1.54, 1.807) is 38.1 Å². The van der Waals surface area contributed by atoms with Gasteiger partial charge >= 0.3 is 29.6 Å². The normalized spacial score (nSPS) is 16.9. The molecular weight excluding hydrogens is 781 g/mol. The molecule has 6 aromatic heterocycles. The van der Waals surface area contributed by atoms with Crippen molar-refractivity contribution in [3.05, 3.63) is 113 Å². The Balaban J connectivity index is 0.000000268. The molecule has 0 aliphatic carbocycles. The van der Waals surface area contributed by atoms with E-state index in [9.17, 15) is 8.78 Å². The van der Waals surface area contributed by atoms with Crippen LogP contribution in [0.3, 0.4) is 0 Å². The van der Waals surface area contributed by atoms with Crippen LogP contribution in [0.4, 0.5) is 8.78 Å². The maximum atomic E-state index is 14.5. The first-order valence-electron chi connectivity index (χ1n) is 24.3. The van der Waals surface area contributed by atoms with Crippen LogP contribution in [-0.2, 0) is 37.9 Å². The average molecular weight is 839 g/mol. The van der Waals surface area contributed by atoms with Crippen molar-refractivity contribution in [2.75, 3.05) is 0 Å². The molecule has 0 atom stereocenters. The molecule has 6 heterocycles. The molecule has 0 radical (unpaired) electrons. The first kappa shape index (κ1) is 26.7. The van der Waals surface area contributed by atoms with Crippen LogP contribution in [0.25, 0.3) is 34.1 Å². The van der Waals surface area contributed by atoms with Crippen molar-refractivity contribution in [1.82, 2.24) is 69.2 Å². The van der Waals surface area contributed by atoms with Gasteiger partial charge in [-0.2, -0.15) is 24.3 Å². The van der Waals surface area contributed by atoms with Gasteiger partial charge in [-0.1, -0.05) is 77.3 Å². The van der Waals surface area contributed by atoms with Crippen LogP contribution in [0.2, 0.25) is 5.15 Å². The number of ether oxygens (including phenoxy) is 1. The van der Waals surface area contributed by atoms with Gasteiger partial charge in [-0.25, -0.2) is 18.7 Å². The Morgan fingerprint density at radius 3 is 1.78 bits per heavy atom. The van der Waals surface area contributed by atoms with Crippen molar-refractivity contribution < 1.29 is 71.5 Å². The van der Waals surface area contributed by atoms with Gasteiger partial charge in [0.15, 0.2) is 39.7 Å². The van der Waals surface area contributed by atoms with Crippen molar-refractivity contribution in [2.24, 2.45) is 14.0 Å². The molecule has 20 heteroatoms. The molecule has 0 aliphatic rings. The number of aryl methyl sites for hydroxylation is 2. The van der Waals surface area contributed by atoms with Gasteiger partial charge in [-0.05, 0) is 47.2 Å². The molecular formula is C38H42ClF2N14NaO2. The first-order valence-corrected chi connectivity index (χ1v) is 16.7. The standard InChI is InChI=1S/C19H20FN7O.C15H14ClFN4.C4H7N3O.Na.H/c1-19(2,3)13-9-15-23-24-17(12-7-5-6-8-14(12)20)27(15)25-18(13)28-10-16-21-11-22-26(16)4;1-15(2,3)10-8-12-18-19-14(21(12)20-13(10)16)9-6-4-5-7-11(9)17;1-7-4(2-8)5-3-6-7;;/h5-9,11H,10H2,1-4H3;4-8H,1-3H3;3,8H,2H2,1H3;;/q;;;+1;-1/i1D3,4D3,10D2;1D3;1D3,2D2;;. The summed E-state index contributed by atoms with van der Waals surface area (Å²) in [6, 6.07) is 14.6. The Bertz CT molecular complexity index is 3250. The minimum Gasteiger partial charge on any atom is -1.00 e. The SMILES string of the molecule is [2H]C([2H])(O)c1ncnn1C([2H])([2H])[2H].[2H]C([2H])(Oc1nn2c(-c3ccccc3F)nnc2cc1C(C)(C)C([2H])([2H])[2H])c1ncnn1C([2H])([2H])[2H].[2H]C([2H])([2H])C(C)(C)c1cc2nnc(-c3ccccc3F)n2nc1Cl.[H-].[Na+]. The number of halogens is 3. The number of hydrogen-bond acceptors (Lipinski definition) is 12. The molecule has 16 nitrogen and oxygen atoms in total. The second-order valence-electron chi connectivity index (χ2n) is 12.8. The Morgan fingerprint density at radius 1 is 0.759 bits per heavy atom. The Hall–Kier alpha value is -5.27. The summed E-state index contributed by atoms with van der Waals surface area (Å²) in [5.41, 5.74) is -1.95. The van der Waals surface area contributed by atoms with Crippen molar-refractivity contribution in [3.63, 3.8) is 0 Å². The van der Waals surface area contributed by atoms with Crippen LogP contribution in [0, 0.1) is 11.6 Å². The third-order valence-electron chi connectivity index (χ3n) is 7.72. The number of rotatable bonds is 6. The minimum atomic E-state index is -2.92. The Morgan fingerprint density at radius 2 is 1.26 bits per heavy atom. The van der Waals surface area contributed by atoms with E-state index < -0.39 is 80.8 Å². The molecule has 2 aromatic carbocycles. The van der Waals surface area contributed by atoms with Crippen LogP contribution in [-0.4, -0.2) is 74.3 Å². The molecule has 0 saturated carbocycles. The van der Waals surface area contributed by atoms with E-state index >= 15 is 0 Å². The molecule has 0 aliphatic heterocycles. The van der Waals surface area contributed by atoms with E-state index in [-0.39, 0.29) is 70.1 Å². The van der Waals surface area contributed by atoms with Crippen molar-refractivity contribution >= 4 is 22.9 Å². The van der Waals surface area contributed by atoms with E-state index in [2.05, 4.69) is 50.8 Å².